The lowest BCUT2D eigenvalue weighted by Gasteiger charge is -2.32. The summed E-state index contributed by atoms with van der Waals surface area (Å²) >= 11 is 0. The number of rotatable bonds is 8. The van der Waals surface area contributed by atoms with Gasteiger partial charge in [-0.2, -0.15) is 0 Å². The first kappa shape index (κ1) is 22.9. The Labute approximate surface area is 187 Å². The number of pyridine rings is 1. The molecule has 10 heteroatoms. The maximum absolute atomic E-state index is 12.7. The molecule has 0 unspecified atom stereocenters. The molecule has 2 aliphatic heterocycles. The second-order valence-electron chi connectivity index (χ2n) is 7.99. The number of aromatic nitrogens is 1. The van der Waals surface area contributed by atoms with E-state index in [0.29, 0.717) is 24.4 Å². The van der Waals surface area contributed by atoms with Crippen molar-refractivity contribution < 1.29 is 32.4 Å². The van der Waals surface area contributed by atoms with Gasteiger partial charge in [0, 0.05) is 19.6 Å². The van der Waals surface area contributed by atoms with E-state index in [4.69, 9.17) is 13.8 Å². The first-order valence-electron chi connectivity index (χ1n) is 10.5. The molecule has 0 spiro atoms. The monoisotopic (exact) mass is 459 g/mol. The molecule has 4 rings (SSSR count). The van der Waals surface area contributed by atoms with Crippen LogP contribution in [0, 0.1) is 0 Å². The molecule has 2 aromatic rings. The van der Waals surface area contributed by atoms with Gasteiger partial charge in [0.05, 0.1) is 29.4 Å². The summed E-state index contributed by atoms with van der Waals surface area (Å²) in [6, 6.07) is 9.08. The molecule has 2 aliphatic rings. The Morgan fingerprint density at radius 3 is 2.88 bits per heavy atom. The van der Waals surface area contributed by atoms with Gasteiger partial charge in [-0.3, -0.25) is 4.98 Å². The number of hydrogen-bond acceptors (Lipinski definition) is 8. The summed E-state index contributed by atoms with van der Waals surface area (Å²) in [5.41, 5.74) is 3.07. The van der Waals surface area contributed by atoms with E-state index >= 15 is 0 Å². The van der Waals surface area contributed by atoms with Crippen LogP contribution in [-0.4, -0.2) is 61.5 Å². The van der Waals surface area contributed by atoms with Crippen molar-refractivity contribution in [2.45, 2.75) is 37.1 Å². The smallest absolute Gasteiger partial charge is 0.456 e. The highest BCUT2D eigenvalue weighted by Gasteiger charge is 2.48. The molecule has 2 atom stereocenters. The Hall–Kier alpha value is -2.24. The van der Waals surface area contributed by atoms with Gasteiger partial charge in [0.1, 0.15) is 18.1 Å². The van der Waals surface area contributed by atoms with Crippen molar-refractivity contribution in [2.75, 3.05) is 19.5 Å². The third-order valence-corrected chi connectivity index (χ3v) is 7.86. The van der Waals surface area contributed by atoms with Crippen molar-refractivity contribution in [3.05, 3.63) is 64.9 Å². The van der Waals surface area contributed by atoms with Gasteiger partial charge in [-0.25, -0.2) is 8.42 Å². The Bertz CT molecular complexity index is 1110. The summed E-state index contributed by atoms with van der Waals surface area (Å²) < 4.78 is 42.0. The van der Waals surface area contributed by atoms with Gasteiger partial charge in [0.15, 0.2) is 9.84 Å². The molecule has 32 heavy (non-hydrogen) atoms. The number of aliphatic hydroxyl groups excluding tert-OH is 1. The highest BCUT2D eigenvalue weighted by Crippen LogP contribution is 2.40. The van der Waals surface area contributed by atoms with Gasteiger partial charge < -0.3 is 23.9 Å². The topological polar surface area (TPSA) is 119 Å². The first-order valence-corrected chi connectivity index (χ1v) is 12.2. The number of methoxy groups -OCH3 is 1. The van der Waals surface area contributed by atoms with E-state index in [1.54, 1.807) is 18.3 Å². The highest BCUT2D eigenvalue weighted by molar-refractivity contribution is 7.92. The summed E-state index contributed by atoms with van der Waals surface area (Å²) in [6.07, 6.45) is 4.03. The van der Waals surface area contributed by atoms with Crippen LogP contribution in [0.25, 0.3) is 11.6 Å². The number of nitrogens with zero attached hydrogens (tertiary/aromatic N) is 1. The number of hydrogen-bond donors (Lipinski definition) is 2. The number of ether oxygens (including phenoxy) is 1. The van der Waals surface area contributed by atoms with E-state index < -0.39 is 28.3 Å². The lowest BCUT2D eigenvalue weighted by Crippen LogP contribution is -2.42. The SMILES string of the molecule is COCC1=C2[C@@H](CC/C(=C/c3ccc(CO)o3)c3ccccn3)OB(O)C[C@@H]2S(=O)(=O)C1. The van der Waals surface area contributed by atoms with Crippen molar-refractivity contribution in [1.82, 2.24) is 4.98 Å². The van der Waals surface area contributed by atoms with Crippen molar-refractivity contribution in [3.8, 4) is 0 Å². The number of allylic oxidation sites excluding steroid dienone is 1. The average molecular weight is 459 g/mol. The van der Waals surface area contributed by atoms with Crippen LogP contribution in [0.3, 0.4) is 0 Å². The molecular weight excluding hydrogens is 433 g/mol. The Morgan fingerprint density at radius 1 is 1.34 bits per heavy atom. The van der Waals surface area contributed by atoms with Crippen molar-refractivity contribution in [3.63, 3.8) is 0 Å². The standard InChI is InChI=1S/C22H26BNO7S/c1-29-13-16-14-32(27,28)21-11-23(26)31-20(22(16)21)8-5-15(19-4-2-3-9-24-19)10-17-6-7-18(12-25)30-17/h2-4,6-7,9-10,20-21,25-26H,5,8,11-14H2,1H3/b15-10-/t20-,21+/m1/s1. The van der Waals surface area contributed by atoms with Crippen LogP contribution in [0.15, 0.2) is 52.1 Å². The zero-order valence-corrected chi connectivity index (χ0v) is 18.6. The molecule has 1 fully saturated rings. The highest BCUT2D eigenvalue weighted by atomic mass is 32.2. The minimum absolute atomic E-state index is 0.0423. The van der Waals surface area contributed by atoms with Crippen LogP contribution in [0.2, 0.25) is 6.32 Å². The zero-order chi connectivity index (χ0) is 22.7. The van der Waals surface area contributed by atoms with Crippen molar-refractivity contribution in [2.24, 2.45) is 0 Å². The van der Waals surface area contributed by atoms with Gasteiger partial charge in [-0.05, 0) is 59.9 Å². The molecule has 0 amide bonds. The fraction of sp³-hybridized carbons (Fsp3) is 0.409. The summed E-state index contributed by atoms with van der Waals surface area (Å²) in [5.74, 6) is 0.982. The number of sulfone groups is 1. The van der Waals surface area contributed by atoms with Gasteiger partial charge in [-0.1, -0.05) is 6.07 Å². The van der Waals surface area contributed by atoms with Crippen LogP contribution in [0.1, 0.15) is 30.1 Å². The minimum Gasteiger partial charge on any atom is -0.459 e. The van der Waals surface area contributed by atoms with E-state index in [9.17, 15) is 18.5 Å². The minimum atomic E-state index is -3.38. The first-order chi connectivity index (χ1) is 15.4. The molecule has 0 radical (unpaired) electrons. The normalized spacial score (nSPS) is 23.0. The van der Waals surface area contributed by atoms with Crippen LogP contribution in [-0.2, 0) is 25.8 Å². The summed E-state index contributed by atoms with van der Waals surface area (Å²) in [7, 11) is -2.98. The molecule has 0 aliphatic carbocycles. The summed E-state index contributed by atoms with van der Waals surface area (Å²) in [4.78, 5) is 4.44. The Balaban J connectivity index is 1.62. The third kappa shape index (κ3) is 4.89. The van der Waals surface area contributed by atoms with E-state index in [1.165, 1.54) is 7.11 Å². The van der Waals surface area contributed by atoms with Crippen molar-refractivity contribution >= 4 is 28.6 Å². The van der Waals surface area contributed by atoms with Gasteiger partial charge >= 0.3 is 7.12 Å². The van der Waals surface area contributed by atoms with Crippen LogP contribution < -0.4 is 0 Å². The fourth-order valence-corrected chi connectivity index (χ4v) is 6.52. The quantitative estimate of drug-likeness (QED) is 0.455. The Morgan fingerprint density at radius 2 is 2.19 bits per heavy atom. The molecule has 1 saturated heterocycles. The van der Waals surface area contributed by atoms with Crippen molar-refractivity contribution in [1.29, 1.82) is 0 Å². The number of furan rings is 1. The van der Waals surface area contributed by atoms with Gasteiger partial charge in [0.25, 0.3) is 0 Å². The van der Waals surface area contributed by atoms with E-state index in [2.05, 4.69) is 4.98 Å². The molecule has 0 bridgehead atoms. The second kappa shape index (κ2) is 9.72. The largest absolute Gasteiger partial charge is 0.459 e. The molecule has 0 aromatic carbocycles. The molecule has 2 N–H and O–H groups in total. The number of aliphatic hydroxyl groups is 1. The maximum atomic E-state index is 12.7. The van der Waals surface area contributed by atoms with E-state index in [0.717, 1.165) is 22.4 Å². The zero-order valence-electron chi connectivity index (χ0n) is 17.8. The lowest BCUT2D eigenvalue weighted by atomic mass is 9.74. The molecule has 170 valence electrons. The second-order valence-corrected chi connectivity index (χ2v) is 10.2. The lowest BCUT2D eigenvalue weighted by molar-refractivity contribution is 0.167. The van der Waals surface area contributed by atoms with Gasteiger partial charge in [0.2, 0.25) is 0 Å². The predicted molar refractivity (Wildman–Crippen MR) is 120 cm³/mol. The van der Waals surface area contributed by atoms with Crippen LogP contribution >= 0.6 is 0 Å². The van der Waals surface area contributed by atoms with Crippen LogP contribution in [0.4, 0.5) is 0 Å². The molecule has 8 nitrogen and oxygen atoms in total. The third-order valence-electron chi connectivity index (χ3n) is 5.79. The maximum Gasteiger partial charge on any atom is 0.456 e. The molecule has 0 saturated carbocycles. The fourth-order valence-electron chi connectivity index (χ4n) is 4.42. The number of fused-ring (bicyclic) bond motifs is 1. The predicted octanol–water partition coefficient (Wildman–Crippen LogP) is 2.11. The van der Waals surface area contributed by atoms with E-state index in [1.807, 2.05) is 24.3 Å². The Kier molecular flexibility index (Phi) is 6.97. The van der Waals surface area contributed by atoms with E-state index in [-0.39, 0.29) is 25.3 Å². The van der Waals surface area contributed by atoms with Gasteiger partial charge in [-0.15, -0.1) is 0 Å². The van der Waals surface area contributed by atoms with Crippen LogP contribution in [0.5, 0.6) is 0 Å². The molecule has 4 heterocycles. The average Bonchev–Trinajstić information content (AvgIpc) is 3.33. The summed E-state index contributed by atoms with van der Waals surface area (Å²) in [5, 5.41) is 18.7. The molecular formula is C22H26BNO7S. The summed E-state index contributed by atoms with van der Waals surface area (Å²) in [6.45, 7) is 0.0349. The molecule has 2 aromatic heterocycles.